The zero-order valence-corrected chi connectivity index (χ0v) is 41.1. The van der Waals surface area contributed by atoms with Crippen LogP contribution in [-0.2, 0) is 23.7 Å². The maximum atomic E-state index is 12.8. The van der Waals surface area contributed by atoms with Crippen molar-refractivity contribution in [2.75, 3.05) is 26.4 Å². The van der Waals surface area contributed by atoms with Crippen LogP contribution in [0.3, 0.4) is 0 Å². The smallest absolute Gasteiger partial charge is 0.306 e. The van der Waals surface area contributed by atoms with Crippen LogP contribution >= 0.6 is 0 Å². The lowest BCUT2D eigenvalue weighted by atomic mass is 9.99. The molecule has 6 atom stereocenters. The molecule has 6 unspecified atom stereocenters. The topological polar surface area (TPSA) is 135 Å². The maximum absolute atomic E-state index is 12.8. The second-order valence-electron chi connectivity index (χ2n) is 16.9. The molecule has 0 aromatic carbocycles. The Morgan fingerprint density at radius 3 is 1.39 bits per heavy atom. The number of unbranched alkanes of at least 4 members (excludes halogenated alkanes) is 11. The molecule has 0 radical (unpaired) electrons. The van der Waals surface area contributed by atoms with Crippen molar-refractivity contribution in [3.63, 3.8) is 0 Å². The molecular formula is C57H92O9. The highest BCUT2D eigenvalue weighted by Crippen LogP contribution is 2.22. The summed E-state index contributed by atoms with van der Waals surface area (Å²) >= 11 is 0. The number of rotatable bonds is 42. The molecule has 0 aromatic heterocycles. The molecule has 0 amide bonds. The number of esters is 1. The largest absolute Gasteiger partial charge is 0.457 e. The average Bonchev–Trinajstić information content (AvgIpc) is 3.32. The van der Waals surface area contributed by atoms with Crippen LogP contribution in [0.15, 0.2) is 122 Å². The quantitative estimate of drug-likeness (QED) is 0.0268. The van der Waals surface area contributed by atoms with Crippen molar-refractivity contribution >= 4 is 5.97 Å². The van der Waals surface area contributed by atoms with Crippen LogP contribution < -0.4 is 0 Å². The van der Waals surface area contributed by atoms with Gasteiger partial charge < -0.3 is 39.4 Å². The Bertz CT molecular complexity index is 1420. The summed E-state index contributed by atoms with van der Waals surface area (Å²) in [5.74, 6) is -0.347. The van der Waals surface area contributed by atoms with Gasteiger partial charge in [0.15, 0.2) is 6.29 Å². The third-order valence-electron chi connectivity index (χ3n) is 10.9. The van der Waals surface area contributed by atoms with Gasteiger partial charge in [-0.3, -0.25) is 4.79 Å². The Morgan fingerprint density at radius 1 is 0.500 bits per heavy atom. The molecule has 66 heavy (non-hydrogen) atoms. The molecule has 374 valence electrons. The van der Waals surface area contributed by atoms with E-state index in [2.05, 4.69) is 135 Å². The molecule has 0 aromatic rings. The second kappa shape index (κ2) is 46.7. The van der Waals surface area contributed by atoms with E-state index in [9.17, 15) is 25.2 Å². The zero-order valence-electron chi connectivity index (χ0n) is 41.1. The van der Waals surface area contributed by atoms with Gasteiger partial charge in [0.25, 0.3) is 0 Å². The van der Waals surface area contributed by atoms with Gasteiger partial charge in [0.2, 0.25) is 0 Å². The minimum atomic E-state index is -1.56. The summed E-state index contributed by atoms with van der Waals surface area (Å²) in [6.45, 7) is 4.27. The van der Waals surface area contributed by atoms with Crippen molar-refractivity contribution < 1.29 is 44.2 Å². The Kier molecular flexibility index (Phi) is 42.9. The first-order valence-electron chi connectivity index (χ1n) is 25.6. The van der Waals surface area contributed by atoms with Crippen LogP contribution in [0.5, 0.6) is 0 Å². The highest BCUT2D eigenvalue weighted by Gasteiger charge is 2.44. The predicted molar refractivity (Wildman–Crippen MR) is 274 cm³/mol. The number of ether oxygens (including phenoxy) is 4. The van der Waals surface area contributed by atoms with E-state index in [1.165, 1.54) is 38.5 Å². The van der Waals surface area contributed by atoms with Gasteiger partial charge in [0, 0.05) is 13.0 Å². The van der Waals surface area contributed by atoms with Crippen molar-refractivity contribution in [2.45, 2.75) is 205 Å². The SMILES string of the molecule is CC/C=C\C/C=C\C/C=C\C/C=C\C/C=C\C/C=C\C/C=C\CCCCOCC(COC1OC(CO)C(O)C(O)C1O)OC(=O)CCCCCCCC/C=C\C/C=C\C/C=C\CCCCC. The van der Waals surface area contributed by atoms with Crippen molar-refractivity contribution in [3.05, 3.63) is 122 Å². The van der Waals surface area contributed by atoms with E-state index < -0.39 is 43.4 Å². The van der Waals surface area contributed by atoms with Crippen LogP contribution in [0.25, 0.3) is 0 Å². The third-order valence-corrected chi connectivity index (χ3v) is 10.9. The number of aliphatic hydroxyl groups excluding tert-OH is 4. The van der Waals surface area contributed by atoms with E-state index in [-0.39, 0.29) is 25.6 Å². The van der Waals surface area contributed by atoms with Crippen LogP contribution in [0.1, 0.15) is 168 Å². The summed E-state index contributed by atoms with van der Waals surface area (Å²) in [6, 6.07) is 0. The van der Waals surface area contributed by atoms with Gasteiger partial charge in [-0.25, -0.2) is 0 Å². The van der Waals surface area contributed by atoms with Gasteiger partial charge in [-0.05, 0) is 109 Å². The van der Waals surface area contributed by atoms with Crippen molar-refractivity contribution in [2.24, 2.45) is 0 Å². The van der Waals surface area contributed by atoms with E-state index in [4.69, 9.17) is 18.9 Å². The molecule has 4 N–H and O–H groups in total. The van der Waals surface area contributed by atoms with Gasteiger partial charge >= 0.3 is 5.97 Å². The summed E-state index contributed by atoms with van der Waals surface area (Å²) in [4.78, 5) is 12.8. The van der Waals surface area contributed by atoms with E-state index in [0.29, 0.717) is 6.61 Å². The second-order valence-corrected chi connectivity index (χ2v) is 16.9. The Morgan fingerprint density at radius 2 is 0.924 bits per heavy atom. The molecule has 0 bridgehead atoms. The summed E-state index contributed by atoms with van der Waals surface area (Å²) in [5, 5.41) is 40.2. The summed E-state index contributed by atoms with van der Waals surface area (Å²) in [5.41, 5.74) is 0. The number of carbonyl (C=O) groups is 1. The normalized spacial score (nSPS) is 20.4. The van der Waals surface area contributed by atoms with Crippen LogP contribution in [-0.4, -0.2) is 89.6 Å². The lowest BCUT2D eigenvalue weighted by molar-refractivity contribution is -0.305. The molecule has 0 aliphatic carbocycles. The number of allylic oxidation sites excluding steroid dienone is 20. The highest BCUT2D eigenvalue weighted by atomic mass is 16.7. The fourth-order valence-corrected chi connectivity index (χ4v) is 6.89. The number of hydrogen-bond donors (Lipinski definition) is 4. The van der Waals surface area contributed by atoms with Gasteiger partial charge in [-0.15, -0.1) is 0 Å². The lowest BCUT2D eigenvalue weighted by Crippen LogP contribution is -2.59. The van der Waals surface area contributed by atoms with E-state index in [0.717, 1.165) is 109 Å². The summed E-state index contributed by atoms with van der Waals surface area (Å²) < 4.78 is 22.8. The van der Waals surface area contributed by atoms with E-state index in [1.54, 1.807) is 0 Å². The van der Waals surface area contributed by atoms with Crippen molar-refractivity contribution in [3.8, 4) is 0 Å². The summed E-state index contributed by atoms with van der Waals surface area (Å²) in [6.07, 6.45) is 60.8. The molecule has 0 spiro atoms. The molecule has 9 heteroatoms. The van der Waals surface area contributed by atoms with Crippen LogP contribution in [0, 0.1) is 0 Å². The number of carbonyl (C=O) groups excluding carboxylic acids is 1. The van der Waals surface area contributed by atoms with Crippen LogP contribution in [0.4, 0.5) is 0 Å². The van der Waals surface area contributed by atoms with Crippen molar-refractivity contribution in [1.82, 2.24) is 0 Å². The molecule has 9 nitrogen and oxygen atoms in total. The third kappa shape index (κ3) is 36.7. The van der Waals surface area contributed by atoms with Gasteiger partial charge in [-0.1, -0.05) is 174 Å². The molecule has 1 rings (SSSR count). The first-order valence-corrected chi connectivity index (χ1v) is 25.6. The fourth-order valence-electron chi connectivity index (χ4n) is 6.89. The molecule has 1 fully saturated rings. The van der Waals surface area contributed by atoms with E-state index >= 15 is 0 Å². The Labute approximate surface area is 401 Å². The first-order chi connectivity index (χ1) is 32.4. The van der Waals surface area contributed by atoms with Gasteiger partial charge in [0.1, 0.15) is 30.5 Å². The molecular weight excluding hydrogens is 829 g/mol. The lowest BCUT2D eigenvalue weighted by Gasteiger charge is -2.39. The first kappa shape index (κ1) is 60.6. The monoisotopic (exact) mass is 921 g/mol. The minimum Gasteiger partial charge on any atom is -0.457 e. The van der Waals surface area contributed by atoms with Gasteiger partial charge in [-0.2, -0.15) is 0 Å². The number of aliphatic hydroxyl groups is 4. The highest BCUT2D eigenvalue weighted by molar-refractivity contribution is 5.69. The molecule has 1 heterocycles. The molecule has 1 aliphatic rings. The Hall–Kier alpha value is -3.41. The van der Waals surface area contributed by atoms with E-state index in [1.807, 2.05) is 0 Å². The standard InChI is InChI=1S/C57H92O9/c1-3-5-7-9-11-13-15-17-19-21-23-24-25-26-27-29-31-33-35-37-39-41-43-45-47-63-49-51(50-64-57-56(62)55(61)54(60)52(48-58)66-57)65-53(59)46-44-42-40-38-36-34-32-30-28-22-20-18-16-14-12-10-8-6-4-2/h5,7,11-14,17-20,23-24,26-28,30-31,33,37,39,51-52,54-58,60-62H,3-4,6,8-10,15-16,21-22,25,29,32,34-36,38,40-50H2,1-2H3/b7-5-,13-11-,14-12-,19-17-,20-18-,24-23-,27-26-,30-28-,33-31-,39-37-. The van der Waals surface area contributed by atoms with Gasteiger partial charge in [0.05, 0.1) is 19.8 Å². The van der Waals surface area contributed by atoms with Crippen molar-refractivity contribution in [1.29, 1.82) is 0 Å². The molecule has 0 saturated carbocycles. The zero-order chi connectivity index (χ0) is 47.8. The molecule has 1 aliphatic heterocycles. The van der Waals surface area contributed by atoms with Crippen LogP contribution in [0.2, 0.25) is 0 Å². The average molecular weight is 921 g/mol. The Balaban J connectivity index is 2.29. The minimum absolute atomic E-state index is 0.100. The maximum Gasteiger partial charge on any atom is 0.306 e. The molecule has 1 saturated heterocycles. The summed E-state index contributed by atoms with van der Waals surface area (Å²) in [7, 11) is 0. The fraction of sp³-hybridized carbons (Fsp3) is 0.632. The predicted octanol–water partition coefficient (Wildman–Crippen LogP) is 12.7. The number of hydrogen-bond acceptors (Lipinski definition) is 9.